The van der Waals surface area contributed by atoms with E-state index in [9.17, 15) is 27.9 Å². The number of nitrogens with two attached hydrogens (primary N) is 1. The minimum absolute atomic E-state index is 0.00245. The Bertz CT molecular complexity index is 1160. The number of sulfone groups is 1. The number of carbonyl (C=O) groups is 3. The molecule has 4 heterocycles. The summed E-state index contributed by atoms with van der Waals surface area (Å²) in [6.07, 6.45) is 0.780. The van der Waals surface area contributed by atoms with Crippen LogP contribution in [0.25, 0.3) is 0 Å². The van der Waals surface area contributed by atoms with Gasteiger partial charge in [-0.05, 0) is 18.4 Å². The summed E-state index contributed by atoms with van der Waals surface area (Å²) in [5.74, 6) is -2.62. The van der Waals surface area contributed by atoms with Crippen molar-refractivity contribution in [1.82, 2.24) is 15.2 Å². The van der Waals surface area contributed by atoms with Crippen molar-refractivity contribution in [3.8, 4) is 0 Å². The van der Waals surface area contributed by atoms with Gasteiger partial charge in [-0.15, -0.1) is 23.1 Å². The van der Waals surface area contributed by atoms with Gasteiger partial charge >= 0.3 is 5.97 Å². The average Bonchev–Trinajstić information content (AvgIpc) is 3.32. The first kappa shape index (κ1) is 22.5. The van der Waals surface area contributed by atoms with Crippen LogP contribution in [0.3, 0.4) is 0 Å². The Kier molecular flexibility index (Phi) is 5.89. The minimum Gasteiger partial charge on any atom is -0.477 e. The van der Waals surface area contributed by atoms with Crippen LogP contribution >= 0.6 is 23.1 Å². The number of carbonyl (C=O) groups excluding carboxylic acids is 2. The molecule has 2 amide bonds. The highest BCUT2D eigenvalue weighted by Gasteiger charge is 2.56. The molecule has 0 aliphatic carbocycles. The maximum atomic E-state index is 12.8. The second-order valence-corrected chi connectivity index (χ2v) is 11.5. The lowest BCUT2D eigenvalue weighted by Gasteiger charge is -2.49. The van der Waals surface area contributed by atoms with E-state index in [0.717, 1.165) is 16.2 Å². The molecular formula is C17H19N5O7S3. The van der Waals surface area contributed by atoms with Gasteiger partial charge in [0.15, 0.2) is 20.7 Å². The van der Waals surface area contributed by atoms with Crippen molar-refractivity contribution >= 4 is 61.6 Å². The topological polar surface area (TPSA) is 181 Å². The summed E-state index contributed by atoms with van der Waals surface area (Å²) < 4.78 is 24.7. The second-order valence-electron chi connectivity index (χ2n) is 7.23. The summed E-state index contributed by atoms with van der Waals surface area (Å²) in [5.41, 5.74) is 5.51. The number of nitrogens with one attached hydrogen (secondary N) is 1. The van der Waals surface area contributed by atoms with Crippen molar-refractivity contribution in [3.63, 3.8) is 0 Å². The van der Waals surface area contributed by atoms with E-state index in [1.54, 1.807) is 0 Å². The number of amides is 2. The van der Waals surface area contributed by atoms with Crippen LogP contribution < -0.4 is 11.1 Å². The molecule has 0 spiro atoms. The average molecular weight is 502 g/mol. The highest BCUT2D eigenvalue weighted by atomic mass is 32.2. The molecule has 1 aromatic rings. The molecule has 15 heteroatoms. The molecule has 0 bridgehead atoms. The van der Waals surface area contributed by atoms with Crippen LogP contribution in [-0.4, -0.2) is 82.2 Å². The molecule has 4 N–H and O–H groups in total. The van der Waals surface area contributed by atoms with Crippen molar-refractivity contribution in [3.05, 3.63) is 22.3 Å². The molecule has 12 nitrogen and oxygen atoms in total. The van der Waals surface area contributed by atoms with Crippen molar-refractivity contribution in [2.75, 3.05) is 24.3 Å². The van der Waals surface area contributed by atoms with E-state index in [-0.39, 0.29) is 39.3 Å². The molecule has 3 aliphatic heterocycles. The molecular weight excluding hydrogens is 482 g/mol. The zero-order valence-corrected chi connectivity index (χ0v) is 19.1. The zero-order valence-electron chi connectivity index (χ0n) is 16.7. The van der Waals surface area contributed by atoms with Crippen LogP contribution in [0.5, 0.6) is 0 Å². The number of hydrogen-bond donors (Lipinski definition) is 3. The maximum Gasteiger partial charge on any atom is 0.352 e. The Labute approximate surface area is 190 Å². The normalized spacial score (nSPS) is 27.0. The number of aromatic nitrogens is 1. The van der Waals surface area contributed by atoms with E-state index in [1.165, 1.54) is 24.3 Å². The van der Waals surface area contributed by atoms with E-state index >= 15 is 0 Å². The standard InChI is InChI=1S/C17H19N5O7S3/c1-29-21-10(8-6-31-17(18)19-8)13(23)20-11-14(24)22-12(16(25)26)7(5-30-15(11)22)9-3-2-4-32(9,27)28/h6,9,11,15H,2-5H2,1H3,(H2,18,19)(H,20,23)(H,25,26)/b21-10-/t9?,11-,15-/m1/s1. The predicted molar refractivity (Wildman–Crippen MR) is 117 cm³/mol. The molecule has 1 unspecified atom stereocenters. The number of carboxylic acids is 1. The number of carboxylic acid groups (broad SMARTS) is 1. The Morgan fingerprint density at radius 3 is 2.75 bits per heavy atom. The molecule has 0 radical (unpaired) electrons. The van der Waals surface area contributed by atoms with Crippen LogP contribution in [0.15, 0.2) is 21.8 Å². The Morgan fingerprint density at radius 2 is 2.19 bits per heavy atom. The van der Waals surface area contributed by atoms with Gasteiger partial charge in [0.25, 0.3) is 11.8 Å². The molecule has 0 aromatic carbocycles. The number of nitrogen functional groups attached to an aromatic ring is 1. The molecule has 4 rings (SSSR count). The number of thiazole rings is 1. The van der Waals surface area contributed by atoms with Gasteiger partial charge in [0, 0.05) is 11.1 Å². The van der Waals surface area contributed by atoms with Gasteiger partial charge in [-0.3, -0.25) is 14.5 Å². The molecule has 3 aliphatic rings. The lowest BCUT2D eigenvalue weighted by Crippen LogP contribution is -2.71. The van der Waals surface area contributed by atoms with Gasteiger partial charge in [0.05, 0.1) is 11.0 Å². The number of hydrogen-bond acceptors (Lipinski definition) is 11. The maximum absolute atomic E-state index is 12.8. The number of fused-ring (bicyclic) bond motifs is 1. The number of nitrogens with zero attached hydrogens (tertiary/aromatic N) is 3. The third-order valence-electron chi connectivity index (χ3n) is 5.37. The molecule has 32 heavy (non-hydrogen) atoms. The molecule has 172 valence electrons. The lowest BCUT2D eigenvalue weighted by molar-refractivity contribution is -0.150. The summed E-state index contributed by atoms with van der Waals surface area (Å²) >= 11 is 2.31. The number of thioether (sulfide) groups is 1. The summed E-state index contributed by atoms with van der Waals surface area (Å²) in [7, 11) is -2.21. The fraction of sp³-hybridized carbons (Fsp3) is 0.471. The quantitative estimate of drug-likeness (QED) is 0.258. The van der Waals surface area contributed by atoms with Crippen LogP contribution in [0, 0.1) is 0 Å². The van der Waals surface area contributed by atoms with Gasteiger partial charge in [0.1, 0.15) is 29.9 Å². The lowest BCUT2D eigenvalue weighted by atomic mass is 10.00. The van der Waals surface area contributed by atoms with Gasteiger partial charge < -0.3 is 21.0 Å². The number of rotatable bonds is 6. The Balaban J connectivity index is 1.57. The second kappa shape index (κ2) is 8.37. The predicted octanol–water partition coefficient (Wildman–Crippen LogP) is -0.608. The molecule has 1 aromatic heterocycles. The van der Waals surface area contributed by atoms with Crippen molar-refractivity contribution in [2.24, 2.45) is 5.16 Å². The zero-order chi connectivity index (χ0) is 23.2. The van der Waals surface area contributed by atoms with Crippen molar-refractivity contribution < 1.29 is 32.7 Å². The van der Waals surface area contributed by atoms with Crippen molar-refractivity contribution in [1.29, 1.82) is 0 Å². The first-order valence-electron chi connectivity index (χ1n) is 9.41. The van der Waals surface area contributed by atoms with Gasteiger partial charge in [0.2, 0.25) is 0 Å². The molecule has 2 saturated heterocycles. The monoisotopic (exact) mass is 501 g/mol. The van der Waals surface area contributed by atoms with Crippen LogP contribution in [0.4, 0.5) is 5.13 Å². The molecule has 2 fully saturated rings. The van der Waals surface area contributed by atoms with E-state index in [4.69, 9.17) is 10.6 Å². The van der Waals surface area contributed by atoms with Crippen LogP contribution in [0.2, 0.25) is 0 Å². The fourth-order valence-corrected chi connectivity index (χ4v) is 8.06. The Morgan fingerprint density at radius 1 is 1.44 bits per heavy atom. The minimum atomic E-state index is -3.45. The number of β-lactam (4-membered cyclic amide) rings is 1. The Hall–Kier alpha value is -2.65. The smallest absolute Gasteiger partial charge is 0.352 e. The van der Waals surface area contributed by atoms with E-state index in [1.807, 2.05) is 0 Å². The molecule has 0 saturated carbocycles. The number of anilines is 1. The van der Waals surface area contributed by atoms with Crippen molar-refractivity contribution in [2.45, 2.75) is 29.5 Å². The highest BCUT2D eigenvalue weighted by Crippen LogP contribution is 2.43. The third-order valence-corrected chi connectivity index (χ3v) is 9.59. The SMILES string of the molecule is CO/N=C(\C(=O)N[C@@H]1C(=O)N2C(C(=O)O)=C(C3CCCS3(=O)=O)CS[C@H]12)c1csc(N)n1. The summed E-state index contributed by atoms with van der Waals surface area (Å²) in [6, 6.07) is -1.01. The highest BCUT2D eigenvalue weighted by molar-refractivity contribution is 8.00. The van der Waals surface area contributed by atoms with Crippen LogP contribution in [0.1, 0.15) is 18.5 Å². The van der Waals surface area contributed by atoms with E-state index < -0.39 is 44.3 Å². The van der Waals surface area contributed by atoms with E-state index in [0.29, 0.717) is 12.8 Å². The number of oxime groups is 1. The molecule has 3 atom stereocenters. The van der Waals surface area contributed by atoms with Crippen LogP contribution in [-0.2, 0) is 29.1 Å². The fourth-order valence-electron chi connectivity index (χ4n) is 3.97. The summed E-state index contributed by atoms with van der Waals surface area (Å²) in [5, 5.41) is 16.1. The number of aliphatic carboxylic acids is 1. The first-order chi connectivity index (χ1) is 15.2. The van der Waals surface area contributed by atoms with Gasteiger partial charge in [-0.1, -0.05) is 5.16 Å². The first-order valence-corrected chi connectivity index (χ1v) is 13.1. The third kappa shape index (κ3) is 3.73. The largest absolute Gasteiger partial charge is 0.477 e. The van der Waals surface area contributed by atoms with Gasteiger partial charge in [-0.2, -0.15) is 0 Å². The summed E-state index contributed by atoms with van der Waals surface area (Å²) in [6.45, 7) is 0. The van der Waals surface area contributed by atoms with E-state index in [2.05, 4.69) is 15.5 Å². The summed E-state index contributed by atoms with van der Waals surface area (Å²) in [4.78, 5) is 47.3. The van der Waals surface area contributed by atoms with Gasteiger partial charge in [-0.25, -0.2) is 18.2 Å².